The standard InChI is InChI=1S/C24H28ClN5O3S/c1-16-8-7-10-18(25)23(16)34(31,32)27-13-5-6-14-30-20(12-15-33-2)29-21-22(30)17-9-3-4-11-19(17)28-24(21)26/h3-4,7-11,27H,5-6,12-15H2,1-2H3,(H2,26,28). The number of nitrogens with one attached hydrogen (secondary N) is 1. The molecule has 0 unspecified atom stereocenters. The second-order valence-electron chi connectivity index (χ2n) is 8.12. The van der Waals surface area contributed by atoms with E-state index in [-0.39, 0.29) is 9.92 Å². The zero-order valence-electron chi connectivity index (χ0n) is 19.2. The van der Waals surface area contributed by atoms with Crippen molar-refractivity contribution in [3.05, 3.63) is 58.9 Å². The third-order valence-corrected chi connectivity index (χ3v) is 7.84. The van der Waals surface area contributed by atoms with Crippen LogP contribution in [0.4, 0.5) is 5.82 Å². The highest BCUT2D eigenvalue weighted by Crippen LogP contribution is 2.29. The van der Waals surface area contributed by atoms with Gasteiger partial charge in [-0.2, -0.15) is 0 Å². The molecule has 0 aliphatic carbocycles. The molecule has 2 heterocycles. The fourth-order valence-electron chi connectivity index (χ4n) is 4.16. The molecule has 0 saturated heterocycles. The number of pyridine rings is 1. The summed E-state index contributed by atoms with van der Waals surface area (Å²) in [5, 5.41) is 1.20. The lowest BCUT2D eigenvalue weighted by Crippen LogP contribution is -2.26. The van der Waals surface area contributed by atoms with Gasteiger partial charge in [-0.05, 0) is 37.5 Å². The Morgan fingerprint density at radius 2 is 1.91 bits per heavy atom. The van der Waals surface area contributed by atoms with Crippen LogP contribution < -0.4 is 10.5 Å². The number of nitrogens with zero attached hydrogens (tertiary/aromatic N) is 3. The van der Waals surface area contributed by atoms with Crippen molar-refractivity contribution >= 4 is 49.4 Å². The minimum Gasteiger partial charge on any atom is -0.384 e. The maximum absolute atomic E-state index is 12.8. The first-order chi connectivity index (χ1) is 16.3. The van der Waals surface area contributed by atoms with Gasteiger partial charge in [-0.1, -0.05) is 41.9 Å². The van der Waals surface area contributed by atoms with Crippen LogP contribution in [0.25, 0.3) is 21.9 Å². The fourth-order valence-corrected chi connectivity index (χ4v) is 6.06. The number of para-hydroxylation sites is 1. The molecule has 0 fully saturated rings. The summed E-state index contributed by atoms with van der Waals surface area (Å²) < 4.78 is 35.6. The zero-order chi connectivity index (χ0) is 24.3. The van der Waals surface area contributed by atoms with Crippen LogP contribution in [0.2, 0.25) is 5.02 Å². The van der Waals surface area contributed by atoms with Crippen molar-refractivity contribution in [2.75, 3.05) is 26.0 Å². The number of hydrogen-bond donors (Lipinski definition) is 2. The molecule has 3 N–H and O–H groups in total. The van der Waals surface area contributed by atoms with Gasteiger partial charge in [0, 0.05) is 32.0 Å². The van der Waals surface area contributed by atoms with E-state index in [1.54, 1.807) is 32.2 Å². The summed E-state index contributed by atoms with van der Waals surface area (Å²) in [5.41, 5.74) is 9.29. The molecule has 0 bridgehead atoms. The average molecular weight is 502 g/mol. The van der Waals surface area contributed by atoms with Crippen molar-refractivity contribution in [1.82, 2.24) is 19.3 Å². The molecular weight excluding hydrogens is 474 g/mol. The summed E-state index contributed by atoms with van der Waals surface area (Å²) in [6, 6.07) is 12.9. The number of fused-ring (bicyclic) bond motifs is 3. The third-order valence-electron chi connectivity index (χ3n) is 5.75. The van der Waals surface area contributed by atoms with Crippen LogP contribution in [0, 0.1) is 6.92 Å². The summed E-state index contributed by atoms with van der Waals surface area (Å²) in [4.78, 5) is 9.40. The smallest absolute Gasteiger partial charge is 0.242 e. The summed E-state index contributed by atoms with van der Waals surface area (Å²) >= 11 is 6.14. The Morgan fingerprint density at radius 1 is 1.12 bits per heavy atom. The zero-order valence-corrected chi connectivity index (χ0v) is 20.8. The van der Waals surface area contributed by atoms with Crippen LogP contribution in [0.1, 0.15) is 24.2 Å². The molecule has 4 aromatic rings. The Kier molecular flexibility index (Phi) is 7.37. The van der Waals surface area contributed by atoms with Crippen LogP contribution in [0.5, 0.6) is 0 Å². The lowest BCUT2D eigenvalue weighted by Gasteiger charge is -2.12. The van der Waals surface area contributed by atoms with Gasteiger partial charge >= 0.3 is 0 Å². The van der Waals surface area contributed by atoms with Crippen molar-refractivity contribution in [1.29, 1.82) is 0 Å². The van der Waals surface area contributed by atoms with E-state index in [1.807, 2.05) is 24.3 Å². The molecule has 0 amide bonds. The average Bonchev–Trinajstić information content (AvgIpc) is 3.16. The van der Waals surface area contributed by atoms with Gasteiger partial charge in [-0.15, -0.1) is 0 Å². The van der Waals surface area contributed by atoms with E-state index in [1.165, 1.54) is 0 Å². The van der Waals surface area contributed by atoms with Crippen molar-refractivity contribution < 1.29 is 13.2 Å². The van der Waals surface area contributed by atoms with Gasteiger partial charge in [0.1, 0.15) is 16.2 Å². The largest absolute Gasteiger partial charge is 0.384 e. The molecule has 180 valence electrons. The number of nitrogens with two attached hydrogens (primary N) is 1. The van der Waals surface area contributed by atoms with Crippen LogP contribution >= 0.6 is 11.6 Å². The van der Waals surface area contributed by atoms with Gasteiger partial charge in [-0.3, -0.25) is 0 Å². The fraction of sp³-hybridized carbons (Fsp3) is 0.333. The number of aryl methyl sites for hydroxylation is 2. The van der Waals surface area contributed by atoms with Gasteiger partial charge in [-0.25, -0.2) is 23.1 Å². The maximum atomic E-state index is 12.8. The molecule has 2 aromatic carbocycles. The van der Waals surface area contributed by atoms with E-state index in [0.29, 0.717) is 49.4 Å². The maximum Gasteiger partial charge on any atom is 0.242 e. The van der Waals surface area contributed by atoms with Gasteiger partial charge in [0.05, 0.1) is 22.7 Å². The second kappa shape index (κ2) is 10.3. The number of unbranched alkanes of at least 4 members (excludes halogenated alkanes) is 1. The van der Waals surface area contributed by atoms with Gasteiger partial charge in [0.15, 0.2) is 5.82 Å². The first-order valence-electron chi connectivity index (χ1n) is 11.1. The number of hydrogen-bond acceptors (Lipinski definition) is 6. The van der Waals surface area contributed by atoms with E-state index < -0.39 is 10.0 Å². The van der Waals surface area contributed by atoms with E-state index >= 15 is 0 Å². The van der Waals surface area contributed by atoms with Crippen LogP contribution in [0.15, 0.2) is 47.4 Å². The Morgan fingerprint density at radius 3 is 2.68 bits per heavy atom. The highest BCUT2D eigenvalue weighted by Gasteiger charge is 2.20. The molecule has 0 atom stereocenters. The first kappa shape index (κ1) is 24.4. The van der Waals surface area contributed by atoms with Crippen LogP contribution in [-0.4, -0.2) is 43.2 Å². The van der Waals surface area contributed by atoms with E-state index in [0.717, 1.165) is 28.7 Å². The SMILES string of the molecule is COCCc1nc2c(N)nc3ccccc3c2n1CCCCNS(=O)(=O)c1c(C)cccc1Cl. The minimum absolute atomic E-state index is 0.133. The number of imidazole rings is 1. The molecular formula is C24H28ClN5O3S. The lowest BCUT2D eigenvalue weighted by atomic mass is 10.2. The Balaban J connectivity index is 1.53. The second-order valence-corrected chi connectivity index (χ2v) is 10.2. The molecule has 34 heavy (non-hydrogen) atoms. The molecule has 10 heteroatoms. The predicted molar refractivity (Wildman–Crippen MR) is 136 cm³/mol. The summed E-state index contributed by atoms with van der Waals surface area (Å²) in [6.07, 6.45) is 2.02. The number of ether oxygens (including phenoxy) is 1. The number of aromatic nitrogens is 3. The number of halogens is 1. The van der Waals surface area contributed by atoms with Crippen molar-refractivity contribution in [2.24, 2.45) is 0 Å². The summed E-state index contributed by atoms with van der Waals surface area (Å²) in [5.74, 6) is 1.27. The summed E-state index contributed by atoms with van der Waals surface area (Å²) in [7, 11) is -2.03. The molecule has 0 aliphatic heterocycles. The first-order valence-corrected chi connectivity index (χ1v) is 13.0. The monoisotopic (exact) mass is 501 g/mol. The molecule has 0 aliphatic rings. The van der Waals surface area contributed by atoms with Gasteiger partial charge in [0.25, 0.3) is 0 Å². The molecule has 8 nitrogen and oxygen atoms in total. The minimum atomic E-state index is -3.69. The Bertz CT molecular complexity index is 1420. The molecule has 0 radical (unpaired) electrons. The Labute approximate surface area is 204 Å². The Hall–Kier alpha value is -2.72. The topological polar surface area (TPSA) is 112 Å². The number of benzene rings is 2. The number of rotatable bonds is 10. The number of nitrogen functional groups attached to an aromatic ring is 1. The summed E-state index contributed by atoms with van der Waals surface area (Å²) in [6.45, 7) is 3.23. The normalized spacial score (nSPS) is 12.1. The molecule has 4 rings (SSSR count). The van der Waals surface area contributed by atoms with E-state index in [9.17, 15) is 8.42 Å². The molecule has 2 aromatic heterocycles. The van der Waals surface area contributed by atoms with Crippen molar-refractivity contribution in [3.63, 3.8) is 0 Å². The van der Waals surface area contributed by atoms with Crippen molar-refractivity contribution in [3.8, 4) is 0 Å². The lowest BCUT2D eigenvalue weighted by molar-refractivity contribution is 0.199. The predicted octanol–water partition coefficient (Wildman–Crippen LogP) is 4.08. The van der Waals surface area contributed by atoms with Crippen LogP contribution in [-0.2, 0) is 27.7 Å². The third kappa shape index (κ3) is 4.88. The van der Waals surface area contributed by atoms with Crippen LogP contribution in [0.3, 0.4) is 0 Å². The molecule has 0 spiro atoms. The van der Waals surface area contributed by atoms with E-state index in [2.05, 4.69) is 14.3 Å². The van der Waals surface area contributed by atoms with Gasteiger partial charge < -0.3 is 15.0 Å². The molecule has 0 saturated carbocycles. The quantitative estimate of drug-likeness (QED) is 0.317. The number of methoxy groups -OCH3 is 1. The highest BCUT2D eigenvalue weighted by molar-refractivity contribution is 7.89. The number of anilines is 1. The van der Waals surface area contributed by atoms with Crippen molar-refractivity contribution in [2.45, 2.75) is 37.6 Å². The number of sulfonamides is 1. The van der Waals surface area contributed by atoms with E-state index in [4.69, 9.17) is 27.1 Å². The highest BCUT2D eigenvalue weighted by atomic mass is 35.5. The van der Waals surface area contributed by atoms with Gasteiger partial charge in [0.2, 0.25) is 10.0 Å².